The molecule has 3 amide bonds. The summed E-state index contributed by atoms with van der Waals surface area (Å²) in [4.78, 5) is 27.1. The third-order valence-electron chi connectivity index (χ3n) is 5.24. The van der Waals surface area contributed by atoms with Crippen LogP contribution in [0, 0.1) is 0 Å². The number of carbonyl (C=O) groups is 2. The van der Waals surface area contributed by atoms with Crippen molar-refractivity contribution >= 4 is 11.9 Å². The Kier molecular flexibility index (Phi) is 5.61. The normalized spacial score (nSPS) is 18.1. The van der Waals surface area contributed by atoms with Gasteiger partial charge in [0.15, 0.2) is 0 Å². The lowest BCUT2D eigenvalue weighted by atomic mass is 9.96. The molecule has 0 unspecified atom stereocenters. The number of carbonyl (C=O) groups excluding carboxylic acids is 2. The van der Waals surface area contributed by atoms with E-state index < -0.39 is 6.04 Å². The van der Waals surface area contributed by atoms with E-state index in [1.165, 1.54) is 0 Å². The largest absolute Gasteiger partial charge is 0.497 e. The number of amides is 3. The summed E-state index contributed by atoms with van der Waals surface area (Å²) >= 11 is 0. The quantitative estimate of drug-likeness (QED) is 0.739. The molecule has 156 valence electrons. The van der Waals surface area contributed by atoms with Crippen LogP contribution in [0.1, 0.15) is 30.5 Å². The molecule has 2 aliphatic heterocycles. The first-order valence-corrected chi connectivity index (χ1v) is 10.0. The highest BCUT2D eigenvalue weighted by Gasteiger charge is 2.40. The van der Waals surface area contributed by atoms with Crippen molar-refractivity contribution < 1.29 is 19.1 Å². The molecule has 30 heavy (non-hydrogen) atoms. The van der Waals surface area contributed by atoms with Crippen LogP contribution in [-0.2, 0) is 11.3 Å². The number of hydrogen-bond acceptors (Lipinski definition) is 4. The summed E-state index contributed by atoms with van der Waals surface area (Å²) in [6.07, 6.45) is 0.931. The number of urea groups is 1. The van der Waals surface area contributed by atoms with Gasteiger partial charge in [0, 0.05) is 6.54 Å². The first-order chi connectivity index (χ1) is 14.6. The van der Waals surface area contributed by atoms with Gasteiger partial charge in [0.2, 0.25) is 0 Å². The minimum atomic E-state index is -0.484. The number of rotatable bonds is 7. The third-order valence-corrected chi connectivity index (χ3v) is 5.24. The van der Waals surface area contributed by atoms with Crippen molar-refractivity contribution in [2.75, 3.05) is 20.3 Å². The van der Waals surface area contributed by atoms with Crippen molar-refractivity contribution in [3.63, 3.8) is 0 Å². The predicted molar refractivity (Wildman–Crippen MR) is 112 cm³/mol. The Morgan fingerprint density at radius 1 is 1.03 bits per heavy atom. The lowest BCUT2D eigenvalue weighted by Gasteiger charge is -2.25. The first-order valence-electron chi connectivity index (χ1n) is 10.0. The maximum Gasteiger partial charge on any atom is 0.319 e. The van der Waals surface area contributed by atoms with E-state index in [2.05, 4.69) is 17.6 Å². The SMILES string of the molecule is CCCOc1ccc([C@@H]2NC(=O)NC3=C2C(=O)N(Cc2ccc(OC)cc2)C3)cc1. The molecule has 0 aromatic heterocycles. The van der Waals surface area contributed by atoms with E-state index in [1.54, 1.807) is 12.0 Å². The van der Waals surface area contributed by atoms with Crippen molar-refractivity contribution in [2.24, 2.45) is 0 Å². The fourth-order valence-electron chi connectivity index (χ4n) is 3.73. The van der Waals surface area contributed by atoms with Crippen molar-refractivity contribution in [1.82, 2.24) is 15.5 Å². The Morgan fingerprint density at radius 2 is 1.73 bits per heavy atom. The van der Waals surface area contributed by atoms with Gasteiger partial charge in [-0.3, -0.25) is 4.79 Å². The van der Waals surface area contributed by atoms with Gasteiger partial charge < -0.3 is 25.0 Å². The number of benzene rings is 2. The second-order valence-electron chi connectivity index (χ2n) is 7.35. The second-order valence-corrected chi connectivity index (χ2v) is 7.35. The molecule has 0 saturated heterocycles. The molecule has 2 aliphatic rings. The number of ether oxygens (including phenoxy) is 2. The molecule has 0 spiro atoms. The van der Waals surface area contributed by atoms with Crippen LogP contribution >= 0.6 is 0 Å². The monoisotopic (exact) mass is 407 g/mol. The molecule has 2 N–H and O–H groups in total. The van der Waals surface area contributed by atoms with Gasteiger partial charge in [0.1, 0.15) is 11.5 Å². The average molecular weight is 407 g/mol. The second kappa shape index (κ2) is 8.49. The molecule has 0 aliphatic carbocycles. The molecule has 4 rings (SSSR count). The van der Waals surface area contributed by atoms with E-state index in [9.17, 15) is 9.59 Å². The fraction of sp³-hybridized carbons (Fsp3) is 0.304. The van der Waals surface area contributed by atoms with Crippen LogP contribution in [0.15, 0.2) is 59.8 Å². The summed E-state index contributed by atoms with van der Waals surface area (Å²) in [5, 5.41) is 5.69. The molecule has 2 heterocycles. The lowest BCUT2D eigenvalue weighted by molar-refractivity contribution is -0.126. The average Bonchev–Trinajstić information content (AvgIpc) is 3.07. The highest BCUT2D eigenvalue weighted by molar-refractivity contribution is 6.01. The molecule has 0 fully saturated rings. The molecule has 7 heteroatoms. The summed E-state index contributed by atoms with van der Waals surface area (Å²) in [5.74, 6) is 1.46. The number of nitrogens with zero attached hydrogens (tertiary/aromatic N) is 1. The maximum atomic E-state index is 13.2. The van der Waals surface area contributed by atoms with Gasteiger partial charge in [0.25, 0.3) is 5.91 Å². The Labute approximate surface area is 175 Å². The van der Waals surface area contributed by atoms with Crippen molar-refractivity contribution in [3.8, 4) is 11.5 Å². The van der Waals surface area contributed by atoms with E-state index in [4.69, 9.17) is 9.47 Å². The predicted octanol–water partition coefficient (Wildman–Crippen LogP) is 3.13. The molecule has 0 radical (unpaired) electrons. The van der Waals surface area contributed by atoms with E-state index in [-0.39, 0.29) is 11.9 Å². The zero-order valence-electron chi connectivity index (χ0n) is 17.1. The van der Waals surface area contributed by atoms with Crippen LogP contribution in [0.25, 0.3) is 0 Å². The molecule has 0 bridgehead atoms. The zero-order chi connectivity index (χ0) is 21.1. The van der Waals surface area contributed by atoms with Crippen molar-refractivity contribution in [3.05, 3.63) is 70.9 Å². The van der Waals surface area contributed by atoms with Crippen LogP contribution in [0.5, 0.6) is 11.5 Å². The molecule has 1 atom stereocenters. The Hall–Kier alpha value is -3.48. The standard InChI is InChI=1S/C23H25N3O4/c1-3-12-30-18-10-6-16(7-11-18)21-20-19(24-23(28)25-21)14-26(22(20)27)13-15-4-8-17(29-2)9-5-15/h4-11,21H,3,12-14H2,1-2H3,(H2,24,25,28)/t21-/m0/s1. The smallest absolute Gasteiger partial charge is 0.319 e. The van der Waals surface area contributed by atoms with Crippen molar-refractivity contribution in [2.45, 2.75) is 25.9 Å². The van der Waals surface area contributed by atoms with Crippen LogP contribution in [0.4, 0.5) is 4.79 Å². The van der Waals surface area contributed by atoms with Gasteiger partial charge >= 0.3 is 6.03 Å². The van der Waals surface area contributed by atoms with Gasteiger partial charge in [-0.15, -0.1) is 0 Å². The summed E-state index contributed by atoms with van der Waals surface area (Å²) in [7, 11) is 1.62. The molecule has 2 aromatic carbocycles. The van der Waals surface area contributed by atoms with E-state index in [0.29, 0.717) is 31.0 Å². The molecule has 0 saturated carbocycles. The number of methoxy groups -OCH3 is 1. The molecular formula is C23H25N3O4. The van der Waals surface area contributed by atoms with Gasteiger partial charge in [-0.25, -0.2) is 4.79 Å². The highest BCUT2D eigenvalue weighted by atomic mass is 16.5. The Morgan fingerprint density at radius 3 is 2.40 bits per heavy atom. The van der Waals surface area contributed by atoms with Crippen molar-refractivity contribution in [1.29, 1.82) is 0 Å². The van der Waals surface area contributed by atoms with Crippen LogP contribution in [0.2, 0.25) is 0 Å². The molecule has 2 aromatic rings. The van der Waals surface area contributed by atoms with Gasteiger partial charge in [0.05, 0.1) is 37.6 Å². The number of nitrogens with one attached hydrogen (secondary N) is 2. The summed E-state index contributed by atoms with van der Waals surface area (Å²) in [5.41, 5.74) is 3.09. The fourth-order valence-corrected chi connectivity index (χ4v) is 3.73. The van der Waals surface area contributed by atoms with Gasteiger partial charge in [-0.2, -0.15) is 0 Å². The summed E-state index contributed by atoms with van der Waals surface area (Å²) in [6.45, 7) is 3.54. The lowest BCUT2D eigenvalue weighted by Crippen LogP contribution is -2.44. The Balaban J connectivity index is 1.53. The van der Waals surface area contributed by atoms with E-state index in [0.717, 1.165) is 29.0 Å². The first kappa shape index (κ1) is 19.8. The Bertz CT molecular complexity index is 967. The number of hydrogen-bond donors (Lipinski definition) is 2. The topological polar surface area (TPSA) is 79.9 Å². The van der Waals surface area contributed by atoms with Crippen LogP contribution in [-0.4, -0.2) is 37.1 Å². The third kappa shape index (κ3) is 3.96. The van der Waals surface area contributed by atoms with E-state index >= 15 is 0 Å². The highest BCUT2D eigenvalue weighted by Crippen LogP contribution is 2.33. The maximum absolute atomic E-state index is 13.2. The zero-order valence-corrected chi connectivity index (χ0v) is 17.1. The summed E-state index contributed by atoms with van der Waals surface area (Å²) in [6, 6.07) is 14.4. The van der Waals surface area contributed by atoms with Gasteiger partial charge in [-0.1, -0.05) is 31.2 Å². The molecular weight excluding hydrogens is 382 g/mol. The minimum absolute atomic E-state index is 0.0790. The van der Waals surface area contributed by atoms with Crippen LogP contribution < -0.4 is 20.1 Å². The molecule has 7 nitrogen and oxygen atoms in total. The van der Waals surface area contributed by atoms with E-state index in [1.807, 2.05) is 48.5 Å². The van der Waals surface area contributed by atoms with Gasteiger partial charge in [-0.05, 0) is 41.8 Å². The minimum Gasteiger partial charge on any atom is -0.497 e. The van der Waals surface area contributed by atoms with Crippen LogP contribution in [0.3, 0.4) is 0 Å². The summed E-state index contributed by atoms with van der Waals surface area (Å²) < 4.78 is 10.8.